The van der Waals surface area contributed by atoms with Crippen LogP contribution in [0.3, 0.4) is 0 Å². The van der Waals surface area contributed by atoms with Crippen LogP contribution < -0.4 is 10.3 Å². The molecule has 34 heavy (non-hydrogen) atoms. The van der Waals surface area contributed by atoms with Gasteiger partial charge in [-0.25, -0.2) is 13.9 Å². The van der Waals surface area contributed by atoms with Crippen molar-refractivity contribution in [2.24, 2.45) is 11.7 Å². The summed E-state index contributed by atoms with van der Waals surface area (Å²) in [4.78, 5) is 24.6. The predicted molar refractivity (Wildman–Crippen MR) is 130 cm³/mol. The van der Waals surface area contributed by atoms with E-state index in [0.717, 1.165) is 36.2 Å². The van der Waals surface area contributed by atoms with Crippen molar-refractivity contribution in [3.8, 4) is 0 Å². The summed E-state index contributed by atoms with van der Waals surface area (Å²) in [7, 11) is 1.37. The standard InChI is InChI=1S/C28H31N3O3/c1-21-30(17-9-14-26(32)34-2)18-19-31(21)25-16-15-24(20-25)28(27(29)33,22-10-5-3-6-11-22)23-12-7-4-8-13-23/h3-14,18-19,24-25H,15-17,20H2,1-2H3,(H-,29,33)/p+1/t24-,25+/m0/s1. The summed E-state index contributed by atoms with van der Waals surface area (Å²) in [5, 5.41) is 0. The third-order valence-corrected chi connectivity index (χ3v) is 7.21. The Morgan fingerprint density at radius 1 is 1.09 bits per heavy atom. The van der Waals surface area contributed by atoms with Gasteiger partial charge in [-0.1, -0.05) is 60.7 Å². The number of rotatable bonds is 8. The van der Waals surface area contributed by atoms with Crippen molar-refractivity contribution in [1.82, 2.24) is 4.57 Å². The normalized spacial score (nSPS) is 18.3. The van der Waals surface area contributed by atoms with Gasteiger partial charge in [0.2, 0.25) is 5.91 Å². The Bertz CT molecular complexity index is 1130. The van der Waals surface area contributed by atoms with Crippen molar-refractivity contribution in [3.05, 3.63) is 102 Å². The number of methoxy groups -OCH3 is 1. The van der Waals surface area contributed by atoms with E-state index in [2.05, 4.69) is 27.0 Å². The molecular weight excluding hydrogens is 426 g/mol. The smallest absolute Gasteiger partial charge is 0.330 e. The highest BCUT2D eigenvalue weighted by Crippen LogP contribution is 2.49. The number of hydrogen-bond acceptors (Lipinski definition) is 3. The number of ether oxygens (including phenoxy) is 1. The van der Waals surface area contributed by atoms with Crippen LogP contribution in [0.1, 0.15) is 42.3 Å². The van der Waals surface area contributed by atoms with E-state index < -0.39 is 5.41 Å². The van der Waals surface area contributed by atoms with E-state index in [4.69, 9.17) is 5.73 Å². The largest absolute Gasteiger partial charge is 0.466 e. The Balaban J connectivity index is 1.65. The molecule has 176 valence electrons. The highest BCUT2D eigenvalue weighted by Gasteiger charge is 2.51. The van der Waals surface area contributed by atoms with Gasteiger partial charge in [-0.05, 0) is 42.4 Å². The second-order valence-corrected chi connectivity index (χ2v) is 8.90. The second-order valence-electron chi connectivity index (χ2n) is 8.90. The van der Waals surface area contributed by atoms with Crippen LogP contribution in [-0.4, -0.2) is 23.6 Å². The van der Waals surface area contributed by atoms with Gasteiger partial charge < -0.3 is 10.5 Å². The lowest BCUT2D eigenvalue weighted by molar-refractivity contribution is -0.692. The van der Waals surface area contributed by atoms with Gasteiger partial charge in [0.25, 0.3) is 5.82 Å². The average molecular weight is 459 g/mol. The Morgan fingerprint density at radius 3 is 2.26 bits per heavy atom. The quantitative estimate of drug-likeness (QED) is 0.318. The van der Waals surface area contributed by atoms with Crippen LogP contribution in [0.5, 0.6) is 0 Å². The van der Waals surface area contributed by atoms with E-state index in [1.807, 2.05) is 66.9 Å². The van der Waals surface area contributed by atoms with Crippen molar-refractivity contribution in [2.45, 2.75) is 44.2 Å². The Kier molecular flexibility index (Phi) is 6.96. The lowest BCUT2D eigenvalue weighted by atomic mass is 9.64. The Hall–Kier alpha value is -3.67. The van der Waals surface area contributed by atoms with E-state index in [9.17, 15) is 9.59 Å². The number of aromatic nitrogens is 2. The summed E-state index contributed by atoms with van der Waals surface area (Å²) in [5.74, 6) is 0.516. The summed E-state index contributed by atoms with van der Waals surface area (Å²) < 4.78 is 9.05. The van der Waals surface area contributed by atoms with Gasteiger partial charge in [-0.3, -0.25) is 4.79 Å². The molecule has 6 nitrogen and oxygen atoms in total. The molecular formula is C28H32N3O3+. The summed E-state index contributed by atoms with van der Waals surface area (Å²) in [6.07, 6.45) is 10.1. The van der Waals surface area contributed by atoms with Crippen LogP contribution >= 0.6 is 0 Å². The van der Waals surface area contributed by atoms with Crippen molar-refractivity contribution in [2.75, 3.05) is 7.11 Å². The molecule has 3 aromatic rings. The van der Waals surface area contributed by atoms with E-state index in [1.165, 1.54) is 13.2 Å². The number of amides is 1. The van der Waals surface area contributed by atoms with Gasteiger partial charge in [-0.15, -0.1) is 0 Å². The summed E-state index contributed by atoms with van der Waals surface area (Å²) in [5.41, 5.74) is 7.25. The molecule has 1 amide bonds. The molecule has 1 aromatic heterocycles. The molecule has 0 saturated heterocycles. The molecule has 6 heteroatoms. The molecule has 1 aliphatic rings. The first-order valence-electron chi connectivity index (χ1n) is 11.7. The SMILES string of the molecule is COC(=O)C=CC[n+]1ccn([C@@H]2CC[C@H](C(C(N)=O)(c3ccccc3)c3ccccc3)C2)c1C. The molecule has 0 radical (unpaired) electrons. The first-order chi connectivity index (χ1) is 16.5. The maximum atomic E-state index is 13.3. The van der Waals surface area contributed by atoms with Crippen LogP contribution in [0.15, 0.2) is 85.2 Å². The van der Waals surface area contributed by atoms with E-state index in [-0.39, 0.29) is 23.8 Å². The van der Waals surface area contributed by atoms with Crippen molar-refractivity contribution in [1.29, 1.82) is 0 Å². The zero-order chi connectivity index (χ0) is 24.1. The Morgan fingerprint density at radius 2 is 1.71 bits per heavy atom. The molecule has 2 atom stereocenters. The van der Waals surface area contributed by atoms with E-state index in [0.29, 0.717) is 6.54 Å². The third-order valence-electron chi connectivity index (χ3n) is 7.21. The summed E-state index contributed by atoms with van der Waals surface area (Å²) >= 11 is 0. The molecule has 1 aliphatic carbocycles. The minimum Gasteiger partial charge on any atom is -0.466 e. The number of primary amides is 1. The maximum absolute atomic E-state index is 13.3. The number of benzene rings is 2. The minimum atomic E-state index is -0.877. The van der Waals surface area contributed by atoms with E-state index in [1.54, 1.807) is 6.08 Å². The Labute approximate surface area is 200 Å². The molecule has 1 saturated carbocycles. The molecule has 1 fully saturated rings. The topological polar surface area (TPSA) is 78.2 Å². The fraction of sp³-hybridized carbons (Fsp3) is 0.321. The van der Waals surface area contributed by atoms with Crippen LogP contribution in [0.25, 0.3) is 0 Å². The molecule has 0 unspecified atom stereocenters. The van der Waals surface area contributed by atoms with Gasteiger partial charge in [0.1, 0.15) is 30.4 Å². The fourth-order valence-corrected chi connectivity index (χ4v) is 5.56. The summed E-state index contributed by atoms with van der Waals surface area (Å²) in [6.45, 7) is 2.67. The minimum absolute atomic E-state index is 0.0780. The highest BCUT2D eigenvalue weighted by molar-refractivity contribution is 5.91. The van der Waals surface area contributed by atoms with Crippen LogP contribution in [0.2, 0.25) is 0 Å². The van der Waals surface area contributed by atoms with Gasteiger partial charge in [0, 0.05) is 13.0 Å². The van der Waals surface area contributed by atoms with Gasteiger partial charge >= 0.3 is 5.97 Å². The number of carbonyl (C=O) groups excluding carboxylic acids is 2. The first-order valence-corrected chi connectivity index (χ1v) is 11.7. The number of esters is 1. The van der Waals surface area contributed by atoms with E-state index >= 15 is 0 Å². The zero-order valence-electron chi connectivity index (χ0n) is 19.8. The molecule has 1 heterocycles. The number of nitrogens with two attached hydrogens (primary N) is 1. The lowest BCUT2D eigenvalue weighted by Crippen LogP contribution is -2.47. The van der Waals surface area contributed by atoms with Crippen molar-refractivity contribution < 1.29 is 18.9 Å². The lowest BCUT2D eigenvalue weighted by Gasteiger charge is -2.37. The first kappa shape index (κ1) is 23.5. The van der Waals surface area contributed by atoms with Crippen LogP contribution in [0.4, 0.5) is 0 Å². The third kappa shape index (κ3) is 4.28. The van der Waals surface area contributed by atoms with Gasteiger partial charge in [-0.2, -0.15) is 0 Å². The monoisotopic (exact) mass is 458 g/mol. The molecule has 2 N–H and O–H groups in total. The molecule has 0 aliphatic heterocycles. The number of allylic oxidation sites excluding steroid dienone is 1. The molecule has 4 rings (SSSR count). The number of imidazole rings is 1. The van der Waals surface area contributed by atoms with Crippen LogP contribution in [0, 0.1) is 12.8 Å². The van der Waals surface area contributed by atoms with Crippen molar-refractivity contribution in [3.63, 3.8) is 0 Å². The number of carbonyl (C=O) groups is 2. The maximum Gasteiger partial charge on any atom is 0.330 e. The summed E-state index contributed by atoms with van der Waals surface area (Å²) in [6, 6.07) is 20.2. The molecule has 0 bridgehead atoms. The fourth-order valence-electron chi connectivity index (χ4n) is 5.56. The molecule has 0 spiro atoms. The van der Waals surface area contributed by atoms with Crippen LogP contribution in [-0.2, 0) is 26.3 Å². The highest BCUT2D eigenvalue weighted by atomic mass is 16.5. The average Bonchev–Trinajstić information content (AvgIpc) is 3.48. The van der Waals surface area contributed by atoms with Gasteiger partial charge in [0.05, 0.1) is 7.11 Å². The molecule has 2 aromatic carbocycles. The predicted octanol–water partition coefficient (Wildman–Crippen LogP) is 3.63. The second kappa shape index (κ2) is 10.1. The number of nitrogens with zero attached hydrogens (tertiary/aromatic N) is 2. The van der Waals surface area contributed by atoms with Gasteiger partial charge in [0.15, 0.2) is 0 Å². The van der Waals surface area contributed by atoms with Crippen molar-refractivity contribution >= 4 is 11.9 Å². The number of hydrogen-bond donors (Lipinski definition) is 1. The zero-order valence-corrected chi connectivity index (χ0v) is 19.8.